The van der Waals surface area contributed by atoms with E-state index in [9.17, 15) is 14.7 Å². The molecule has 0 fully saturated rings. The normalized spacial score (nSPS) is 15.8. The van der Waals surface area contributed by atoms with Crippen molar-refractivity contribution in [2.75, 3.05) is 21.3 Å². The third-order valence-corrected chi connectivity index (χ3v) is 6.28. The van der Waals surface area contributed by atoms with Crippen LogP contribution in [-0.4, -0.2) is 43.0 Å². The summed E-state index contributed by atoms with van der Waals surface area (Å²) in [6.45, 7) is 1.92. The number of ketones is 1. The van der Waals surface area contributed by atoms with Crippen molar-refractivity contribution in [3.05, 3.63) is 75.1 Å². The second-order valence-electron chi connectivity index (χ2n) is 7.38. The fraction of sp³-hybridized carbons (Fsp3) is 0.250. The molecule has 0 saturated heterocycles. The molecule has 4 rings (SSSR count). The van der Waals surface area contributed by atoms with Crippen molar-refractivity contribution in [2.24, 2.45) is 0 Å². The molecular formula is C24H23NO7S. The van der Waals surface area contributed by atoms with Gasteiger partial charge in [0.1, 0.15) is 5.76 Å². The smallest absolute Gasteiger partial charge is 0.290 e. The van der Waals surface area contributed by atoms with Crippen molar-refractivity contribution in [3.8, 4) is 17.2 Å². The average molecular weight is 470 g/mol. The van der Waals surface area contributed by atoms with Gasteiger partial charge in [-0.15, -0.1) is 11.3 Å². The van der Waals surface area contributed by atoms with Crippen LogP contribution >= 0.6 is 11.3 Å². The minimum absolute atomic E-state index is 0.0391. The van der Waals surface area contributed by atoms with Gasteiger partial charge in [-0.25, -0.2) is 0 Å². The Balaban J connectivity index is 1.88. The van der Waals surface area contributed by atoms with Crippen molar-refractivity contribution in [2.45, 2.75) is 19.5 Å². The molecule has 172 valence electrons. The van der Waals surface area contributed by atoms with E-state index >= 15 is 0 Å². The standard InChI is InChI=1S/C24H23NO7S/c1-13-7-8-16(32-13)21(26)19-20(14-10-17(29-2)23(31-4)18(11-14)30-3)25(24(28)22(19)27)12-15-6-5-9-33-15/h5-11,20,27H,12H2,1-4H3. The van der Waals surface area contributed by atoms with Crippen molar-refractivity contribution < 1.29 is 33.3 Å². The first-order chi connectivity index (χ1) is 15.9. The van der Waals surface area contributed by atoms with Gasteiger partial charge in [0, 0.05) is 4.88 Å². The quantitative estimate of drug-likeness (QED) is 0.487. The van der Waals surface area contributed by atoms with Crippen LogP contribution in [0.2, 0.25) is 0 Å². The highest BCUT2D eigenvalue weighted by Crippen LogP contribution is 2.46. The lowest BCUT2D eigenvalue weighted by atomic mass is 9.94. The van der Waals surface area contributed by atoms with E-state index in [-0.39, 0.29) is 17.9 Å². The van der Waals surface area contributed by atoms with Crippen LogP contribution in [0.3, 0.4) is 0 Å². The molecule has 2 aromatic heterocycles. The highest BCUT2D eigenvalue weighted by molar-refractivity contribution is 7.09. The van der Waals surface area contributed by atoms with E-state index < -0.39 is 23.5 Å². The van der Waals surface area contributed by atoms with Crippen LogP contribution in [0.25, 0.3) is 0 Å². The second kappa shape index (κ2) is 9.03. The lowest BCUT2D eigenvalue weighted by Gasteiger charge is -2.27. The van der Waals surface area contributed by atoms with E-state index in [4.69, 9.17) is 18.6 Å². The average Bonchev–Trinajstić information content (AvgIpc) is 3.55. The Kier molecular flexibility index (Phi) is 6.15. The molecule has 1 unspecified atom stereocenters. The first kappa shape index (κ1) is 22.5. The number of benzene rings is 1. The third-order valence-electron chi connectivity index (χ3n) is 5.42. The zero-order valence-electron chi connectivity index (χ0n) is 18.6. The van der Waals surface area contributed by atoms with Crippen LogP contribution < -0.4 is 14.2 Å². The van der Waals surface area contributed by atoms with Gasteiger partial charge in [0.2, 0.25) is 11.5 Å². The zero-order valence-corrected chi connectivity index (χ0v) is 19.4. The Bertz CT molecular complexity index is 1200. The predicted molar refractivity (Wildman–Crippen MR) is 121 cm³/mol. The van der Waals surface area contributed by atoms with E-state index in [1.807, 2.05) is 17.5 Å². The molecule has 1 aliphatic rings. The Hall–Kier alpha value is -3.72. The Morgan fingerprint density at radius 2 is 1.82 bits per heavy atom. The van der Waals surface area contributed by atoms with Crippen molar-refractivity contribution in [1.82, 2.24) is 4.90 Å². The van der Waals surface area contributed by atoms with Crippen LogP contribution in [0.5, 0.6) is 17.2 Å². The maximum absolute atomic E-state index is 13.4. The van der Waals surface area contributed by atoms with Crippen LogP contribution in [-0.2, 0) is 11.3 Å². The molecule has 1 aromatic carbocycles. The fourth-order valence-corrected chi connectivity index (χ4v) is 4.62. The number of furan rings is 1. The monoisotopic (exact) mass is 469 g/mol. The second-order valence-corrected chi connectivity index (χ2v) is 8.41. The molecule has 3 aromatic rings. The molecule has 9 heteroatoms. The topological polar surface area (TPSA) is 98.4 Å². The minimum Gasteiger partial charge on any atom is -0.503 e. The van der Waals surface area contributed by atoms with Gasteiger partial charge < -0.3 is 28.6 Å². The number of thiophene rings is 1. The van der Waals surface area contributed by atoms with Gasteiger partial charge in [-0.3, -0.25) is 9.59 Å². The summed E-state index contributed by atoms with van der Waals surface area (Å²) in [5, 5.41) is 12.7. The first-order valence-corrected chi connectivity index (χ1v) is 10.9. The van der Waals surface area contributed by atoms with Crippen LogP contribution in [0.4, 0.5) is 0 Å². The lowest BCUT2D eigenvalue weighted by molar-refractivity contribution is -0.130. The van der Waals surface area contributed by atoms with Gasteiger partial charge in [0.15, 0.2) is 23.0 Å². The van der Waals surface area contributed by atoms with Crippen molar-refractivity contribution >= 4 is 23.0 Å². The summed E-state index contributed by atoms with van der Waals surface area (Å²) in [4.78, 5) is 28.9. The van der Waals surface area contributed by atoms with Crippen molar-refractivity contribution in [3.63, 3.8) is 0 Å². The highest BCUT2D eigenvalue weighted by atomic mass is 32.1. The first-order valence-electron chi connectivity index (χ1n) is 10.1. The van der Waals surface area contributed by atoms with Gasteiger partial charge in [0.25, 0.3) is 5.91 Å². The maximum Gasteiger partial charge on any atom is 0.290 e. The number of carbonyl (C=O) groups excluding carboxylic acids is 2. The Morgan fingerprint density at radius 1 is 1.12 bits per heavy atom. The van der Waals surface area contributed by atoms with E-state index in [1.54, 1.807) is 25.1 Å². The molecule has 1 aliphatic heterocycles. The number of Topliss-reactive ketones (excluding diaryl/α,β-unsaturated/α-hetero) is 1. The van der Waals surface area contributed by atoms with E-state index in [1.165, 1.54) is 43.6 Å². The van der Waals surface area contributed by atoms with Crippen LogP contribution in [0.15, 0.2) is 57.5 Å². The summed E-state index contributed by atoms with van der Waals surface area (Å²) in [5.74, 6) is -0.134. The number of nitrogens with zero attached hydrogens (tertiary/aromatic N) is 1. The Morgan fingerprint density at radius 3 is 2.33 bits per heavy atom. The molecule has 1 atom stereocenters. The molecule has 0 aliphatic carbocycles. The summed E-state index contributed by atoms with van der Waals surface area (Å²) in [5.41, 5.74) is 0.449. The third kappa shape index (κ3) is 3.95. The number of amides is 1. The molecule has 8 nitrogen and oxygen atoms in total. The molecule has 0 spiro atoms. The largest absolute Gasteiger partial charge is 0.503 e. The molecule has 3 heterocycles. The summed E-state index contributed by atoms with van der Waals surface area (Å²) < 4.78 is 21.8. The molecule has 0 bridgehead atoms. The zero-order chi connectivity index (χ0) is 23.7. The van der Waals surface area contributed by atoms with E-state index in [0.29, 0.717) is 28.6 Å². The number of ether oxygens (including phenoxy) is 3. The minimum atomic E-state index is -0.897. The number of aliphatic hydroxyl groups excluding tert-OH is 1. The fourth-order valence-electron chi connectivity index (χ4n) is 3.91. The van der Waals surface area contributed by atoms with Gasteiger partial charge >= 0.3 is 0 Å². The number of carbonyl (C=O) groups is 2. The number of aryl methyl sites for hydroxylation is 1. The number of aliphatic hydroxyl groups is 1. The molecule has 0 radical (unpaired) electrons. The van der Waals surface area contributed by atoms with Gasteiger partial charge in [-0.05, 0) is 48.2 Å². The SMILES string of the molecule is COc1cc(C2C(C(=O)c3ccc(C)o3)=C(O)C(=O)N2Cc2cccs2)cc(OC)c1OC. The summed E-state index contributed by atoms with van der Waals surface area (Å²) in [7, 11) is 4.45. The summed E-state index contributed by atoms with van der Waals surface area (Å²) in [6, 6.07) is 9.37. The highest BCUT2D eigenvalue weighted by Gasteiger charge is 2.45. The number of rotatable bonds is 8. The van der Waals surface area contributed by atoms with Crippen LogP contribution in [0.1, 0.15) is 32.8 Å². The predicted octanol–water partition coefficient (Wildman–Crippen LogP) is 4.45. The molecular weight excluding hydrogens is 446 g/mol. The van der Waals surface area contributed by atoms with Crippen LogP contribution in [0, 0.1) is 6.92 Å². The van der Waals surface area contributed by atoms with E-state index in [2.05, 4.69) is 0 Å². The summed E-state index contributed by atoms with van der Waals surface area (Å²) in [6.07, 6.45) is 0. The van der Waals surface area contributed by atoms with Gasteiger partial charge in [0.05, 0.1) is 39.5 Å². The van der Waals surface area contributed by atoms with Crippen molar-refractivity contribution in [1.29, 1.82) is 0 Å². The van der Waals surface area contributed by atoms with E-state index in [0.717, 1.165) is 4.88 Å². The number of hydrogen-bond donors (Lipinski definition) is 1. The molecule has 1 amide bonds. The molecule has 0 saturated carbocycles. The Labute approximate surface area is 194 Å². The lowest BCUT2D eigenvalue weighted by Crippen LogP contribution is -2.30. The summed E-state index contributed by atoms with van der Waals surface area (Å²) >= 11 is 1.47. The maximum atomic E-state index is 13.4. The van der Waals surface area contributed by atoms with Gasteiger partial charge in [-0.2, -0.15) is 0 Å². The number of methoxy groups -OCH3 is 3. The number of hydrogen-bond acceptors (Lipinski definition) is 8. The van der Waals surface area contributed by atoms with Gasteiger partial charge in [-0.1, -0.05) is 6.07 Å². The molecule has 1 N–H and O–H groups in total. The molecule has 33 heavy (non-hydrogen) atoms.